The molecule has 0 radical (unpaired) electrons. The molecule has 1 rings (SSSR count). The molecule has 0 fully saturated rings. The molecule has 0 bridgehead atoms. The van der Waals surface area contributed by atoms with E-state index in [2.05, 4.69) is 0 Å². The highest BCUT2D eigenvalue weighted by molar-refractivity contribution is 5.29. The van der Waals surface area contributed by atoms with Gasteiger partial charge in [0, 0.05) is 20.3 Å². The number of ether oxygens (including phenoxy) is 2. The Hall–Kier alpha value is -1.46. The quantitative estimate of drug-likeness (QED) is 0.519. The molecule has 2 atom stereocenters. The average Bonchev–Trinajstić information content (AvgIpc) is 2.26. The van der Waals surface area contributed by atoms with Gasteiger partial charge in [0.25, 0.3) is 0 Å². The van der Waals surface area contributed by atoms with Gasteiger partial charge in [-0.15, -0.1) is 0 Å². The second-order valence-electron chi connectivity index (χ2n) is 3.06. The van der Waals surface area contributed by atoms with Crippen LogP contribution in [0.2, 0.25) is 0 Å². The van der Waals surface area contributed by atoms with Gasteiger partial charge in [-0.1, -0.05) is 18.2 Å². The van der Waals surface area contributed by atoms with E-state index in [9.17, 15) is 10.1 Å². The summed E-state index contributed by atoms with van der Waals surface area (Å²) in [5, 5.41) is 10.3. The van der Waals surface area contributed by atoms with Gasteiger partial charge >= 0.3 is 0 Å². The van der Waals surface area contributed by atoms with Crippen LogP contribution in [0.5, 0.6) is 0 Å². The second-order valence-corrected chi connectivity index (χ2v) is 3.06. The molecule has 0 spiro atoms. The molecule has 1 aliphatic rings. The van der Waals surface area contributed by atoms with E-state index in [1.165, 1.54) is 20.3 Å². The van der Waals surface area contributed by atoms with E-state index in [1.807, 2.05) is 6.08 Å². The summed E-state index contributed by atoms with van der Waals surface area (Å²) in [6.07, 6.45) is 8.97. The third kappa shape index (κ3) is 2.51. The Labute approximate surface area is 87.8 Å². The van der Waals surface area contributed by atoms with Gasteiger partial charge in [0.1, 0.15) is 11.7 Å². The largest absolute Gasteiger partial charge is 0.374 e. The van der Waals surface area contributed by atoms with Crippen LogP contribution >= 0.6 is 0 Å². The SMILES string of the molecule is COC1C=CC=CC1(/C=C/[N+](=O)[O-])OC. The van der Waals surface area contributed by atoms with Crippen LogP contribution in [0.4, 0.5) is 0 Å². The maximum Gasteiger partial charge on any atom is 0.233 e. The summed E-state index contributed by atoms with van der Waals surface area (Å²) in [7, 11) is 3.02. The maximum absolute atomic E-state index is 10.3. The summed E-state index contributed by atoms with van der Waals surface area (Å²) in [5.74, 6) is 0. The van der Waals surface area contributed by atoms with Crippen LogP contribution in [0.25, 0.3) is 0 Å². The molecule has 15 heavy (non-hydrogen) atoms. The van der Waals surface area contributed by atoms with Crippen LogP contribution in [0, 0.1) is 10.1 Å². The number of allylic oxidation sites excluding steroid dienone is 2. The normalized spacial score (nSPS) is 29.9. The van der Waals surface area contributed by atoms with E-state index in [1.54, 1.807) is 18.2 Å². The number of rotatable bonds is 4. The third-order valence-electron chi connectivity index (χ3n) is 2.26. The molecule has 5 heteroatoms. The van der Waals surface area contributed by atoms with Crippen molar-refractivity contribution < 1.29 is 14.4 Å². The molecule has 0 amide bonds. The molecular weight excluding hydrogens is 198 g/mol. The van der Waals surface area contributed by atoms with Crippen molar-refractivity contribution in [1.82, 2.24) is 0 Å². The van der Waals surface area contributed by atoms with Gasteiger partial charge in [0.15, 0.2) is 0 Å². The van der Waals surface area contributed by atoms with Crippen LogP contribution in [0.3, 0.4) is 0 Å². The highest BCUT2D eigenvalue weighted by Gasteiger charge is 2.35. The fraction of sp³-hybridized carbons (Fsp3) is 0.400. The molecule has 2 unspecified atom stereocenters. The van der Waals surface area contributed by atoms with E-state index >= 15 is 0 Å². The zero-order valence-corrected chi connectivity index (χ0v) is 8.62. The van der Waals surface area contributed by atoms with Gasteiger partial charge in [-0.25, -0.2) is 0 Å². The highest BCUT2D eigenvalue weighted by atomic mass is 16.6. The standard InChI is InChI=1S/C10H13NO4/c1-14-9-5-3-4-6-10(9,15-2)7-8-11(12)13/h3-9H,1-2H3/b8-7+. The van der Waals surface area contributed by atoms with Gasteiger partial charge in [0.05, 0.1) is 4.92 Å². The lowest BCUT2D eigenvalue weighted by molar-refractivity contribution is -0.403. The van der Waals surface area contributed by atoms with Gasteiger partial charge in [-0.2, -0.15) is 0 Å². The van der Waals surface area contributed by atoms with E-state index in [0.29, 0.717) is 0 Å². The van der Waals surface area contributed by atoms with Gasteiger partial charge in [-0.05, 0) is 6.08 Å². The smallest absolute Gasteiger partial charge is 0.233 e. The lowest BCUT2D eigenvalue weighted by atomic mass is 9.92. The molecule has 0 N–H and O–H groups in total. The summed E-state index contributed by atoms with van der Waals surface area (Å²) < 4.78 is 10.5. The third-order valence-corrected chi connectivity index (χ3v) is 2.26. The lowest BCUT2D eigenvalue weighted by Crippen LogP contribution is -2.41. The molecule has 0 aromatic heterocycles. The second kappa shape index (κ2) is 4.86. The van der Waals surface area contributed by atoms with Crippen molar-refractivity contribution in [3.8, 4) is 0 Å². The minimum atomic E-state index is -0.892. The summed E-state index contributed by atoms with van der Waals surface area (Å²) in [4.78, 5) is 9.75. The van der Waals surface area contributed by atoms with Crippen LogP contribution in [0.15, 0.2) is 36.6 Å². The van der Waals surface area contributed by atoms with Crippen LogP contribution < -0.4 is 0 Å². The first-order chi connectivity index (χ1) is 7.14. The van der Waals surface area contributed by atoms with Gasteiger partial charge in [0.2, 0.25) is 6.20 Å². The van der Waals surface area contributed by atoms with Crippen LogP contribution in [0.1, 0.15) is 0 Å². The van der Waals surface area contributed by atoms with Gasteiger partial charge in [-0.3, -0.25) is 10.1 Å². The Morgan fingerprint density at radius 3 is 2.73 bits per heavy atom. The van der Waals surface area contributed by atoms with Crippen molar-refractivity contribution in [3.05, 3.63) is 46.7 Å². The van der Waals surface area contributed by atoms with Crippen LogP contribution in [-0.4, -0.2) is 30.8 Å². The summed E-state index contributed by atoms with van der Waals surface area (Å²) in [5.41, 5.74) is -0.892. The molecule has 0 aromatic rings. The van der Waals surface area contributed by atoms with E-state index < -0.39 is 10.5 Å². The average molecular weight is 211 g/mol. The van der Waals surface area contributed by atoms with Crippen molar-refractivity contribution in [3.63, 3.8) is 0 Å². The van der Waals surface area contributed by atoms with E-state index in [-0.39, 0.29) is 6.10 Å². The summed E-state index contributed by atoms with van der Waals surface area (Å²) in [6.45, 7) is 0. The van der Waals surface area contributed by atoms with Crippen LogP contribution in [-0.2, 0) is 9.47 Å². The molecule has 0 saturated heterocycles. The zero-order chi connectivity index (χ0) is 11.3. The zero-order valence-electron chi connectivity index (χ0n) is 8.62. The number of hydrogen-bond donors (Lipinski definition) is 0. The summed E-state index contributed by atoms with van der Waals surface area (Å²) in [6, 6.07) is 0. The van der Waals surface area contributed by atoms with E-state index in [4.69, 9.17) is 9.47 Å². The fourth-order valence-corrected chi connectivity index (χ4v) is 1.46. The maximum atomic E-state index is 10.3. The molecule has 0 heterocycles. The Morgan fingerprint density at radius 2 is 2.20 bits per heavy atom. The minimum Gasteiger partial charge on any atom is -0.374 e. The molecule has 0 saturated carbocycles. The molecule has 82 valence electrons. The van der Waals surface area contributed by atoms with Crippen molar-refractivity contribution in [2.45, 2.75) is 11.7 Å². The molecule has 0 aromatic carbocycles. The van der Waals surface area contributed by atoms with Gasteiger partial charge < -0.3 is 9.47 Å². The lowest BCUT2D eigenvalue weighted by Gasteiger charge is -2.32. The van der Waals surface area contributed by atoms with Crippen molar-refractivity contribution >= 4 is 0 Å². The predicted octanol–water partition coefficient (Wildman–Crippen LogP) is 1.30. The predicted molar refractivity (Wildman–Crippen MR) is 55.0 cm³/mol. The first-order valence-electron chi connectivity index (χ1n) is 4.41. The van der Waals surface area contributed by atoms with Crippen molar-refractivity contribution in [1.29, 1.82) is 0 Å². The van der Waals surface area contributed by atoms with Crippen molar-refractivity contribution in [2.75, 3.05) is 14.2 Å². The molecular formula is C10H13NO4. The molecule has 1 aliphatic carbocycles. The topological polar surface area (TPSA) is 61.6 Å². The van der Waals surface area contributed by atoms with E-state index in [0.717, 1.165) is 6.20 Å². The molecule has 0 aliphatic heterocycles. The summed E-state index contributed by atoms with van der Waals surface area (Å²) >= 11 is 0. The number of nitro groups is 1. The van der Waals surface area contributed by atoms with Crippen molar-refractivity contribution in [2.24, 2.45) is 0 Å². The fourth-order valence-electron chi connectivity index (χ4n) is 1.46. The number of methoxy groups -OCH3 is 2. The number of hydrogen-bond acceptors (Lipinski definition) is 4. The first-order valence-corrected chi connectivity index (χ1v) is 4.41. The highest BCUT2D eigenvalue weighted by Crippen LogP contribution is 2.26. The Kier molecular flexibility index (Phi) is 3.76. The monoisotopic (exact) mass is 211 g/mol. The Morgan fingerprint density at radius 1 is 1.47 bits per heavy atom. The Balaban J connectivity index is 2.96. The first kappa shape index (κ1) is 11.6. The minimum absolute atomic E-state index is 0.358. The Bertz CT molecular complexity index is 321. The molecule has 5 nitrogen and oxygen atoms in total. The number of nitrogens with zero attached hydrogens (tertiary/aromatic N) is 1.